The standard InChI is InChI=1S/C16H9Cl2FN2O2/c17-9-2-1-3-12(8-9)21-15(22)13(18)14(16(21)23)20-11-6-4-10(19)5-7-11/h1-8,20H. The van der Waals surface area contributed by atoms with Crippen LogP contribution in [0.5, 0.6) is 0 Å². The molecule has 0 saturated carbocycles. The molecule has 0 spiro atoms. The maximum absolute atomic E-state index is 12.9. The molecule has 7 heteroatoms. The number of halogens is 3. The molecule has 1 N–H and O–H groups in total. The fraction of sp³-hybridized carbons (Fsp3) is 0. The van der Waals surface area contributed by atoms with Gasteiger partial charge in [-0.15, -0.1) is 0 Å². The number of nitrogens with zero attached hydrogens (tertiary/aromatic N) is 1. The van der Waals surface area contributed by atoms with Crippen molar-refractivity contribution in [3.05, 3.63) is 70.1 Å². The summed E-state index contributed by atoms with van der Waals surface area (Å²) in [6.07, 6.45) is 0. The lowest BCUT2D eigenvalue weighted by Gasteiger charge is -2.15. The van der Waals surface area contributed by atoms with Gasteiger partial charge in [0.2, 0.25) is 0 Å². The van der Waals surface area contributed by atoms with Crippen LogP contribution >= 0.6 is 23.2 Å². The molecule has 0 saturated heterocycles. The molecule has 1 heterocycles. The maximum Gasteiger partial charge on any atom is 0.283 e. The molecule has 2 amide bonds. The van der Waals surface area contributed by atoms with Gasteiger partial charge in [-0.25, -0.2) is 9.29 Å². The molecule has 0 radical (unpaired) electrons. The number of nitrogens with one attached hydrogen (secondary N) is 1. The summed E-state index contributed by atoms with van der Waals surface area (Å²) in [6, 6.07) is 11.6. The van der Waals surface area contributed by atoms with E-state index in [2.05, 4.69) is 5.32 Å². The Morgan fingerprint density at radius 2 is 1.65 bits per heavy atom. The number of imide groups is 1. The van der Waals surface area contributed by atoms with Gasteiger partial charge in [0, 0.05) is 10.7 Å². The highest BCUT2D eigenvalue weighted by Gasteiger charge is 2.38. The third kappa shape index (κ3) is 2.93. The zero-order chi connectivity index (χ0) is 16.6. The zero-order valence-corrected chi connectivity index (χ0v) is 13.0. The highest BCUT2D eigenvalue weighted by molar-refractivity contribution is 6.53. The minimum absolute atomic E-state index is 0.0664. The van der Waals surface area contributed by atoms with Gasteiger partial charge >= 0.3 is 0 Å². The second kappa shape index (κ2) is 6.02. The van der Waals surface area contributed by atoms with E-state index in [1.54, 1.807) is 18.2 Å². The van der Waals surface area contributed by atoms with Crippen LogP contribution < -0.4 is 10.2 Å². The lowest BCUT2D eigenvalue weighted by Crippen LogP contribution is -2.32. The van der Waals surface area contributed by atoms with Crippen LogP contribution in [-0.2, 0) is 9.59 Å². The molecule has 4 nitrogen and oxygen atoms in total. The highest BCUT2D eigenvalue weighted by Crippen LogP contribution is 2.31. The van der Waals surface area contributed by atoms with Gasteiger partial charge in [-0.3, -0.25) is 9.59 Å². The molecule has 0 aliphatic carbocycles. The first-order valence-electron chi connectivity index (χ1n) is 6.54. The van der Waals surface area contributed by atoms with Crippen LogP contribution in [0.25, 0.3) is 0 Å². The van der Waals surface area contributed by atoms with Crippen molar-refractivity contribution in [1.82, 2.24) is 0 Å². The predicted molar refractivity (Wildman–Crippen MR) is 86.8 cm³/mol. The maximum atomic E-state index is 12.9. The first-order valence-corrected chi connectivity index (χ1v) is 7.29. The van der Waals surface area contributed by atoms with Gasteiger partial charge in [0.05, 0.1) is 5.69 Å². The van der Waals surface area contributed by atoms with Crippen molar-refractivity contribution < 1.29 is 14.0 Å². The normalized spacial score (nSPS) is 14.7. The van der Waals surface area contributed by atoms with E-state index >= 15 is 0 Å². The van der Waals surface area contributed by atoms with Crippen LogP contribution in [0.3, 0.4) is 0 Å². The predicted octanol–water partition coefficient (Wildman–Crippen LogP) is 3.91. The third-order valence-corrected chi connectivity index (χ3v) is 3.79. The SMILES string of the molecule is O=C1C(Cl)=C(Nc2ccc(F)cc2)C(=O)N1c1cccc(Cl)c1. The van der Waals surface area contributed by atoms with E-state index in [1.165, 1.54) is 30.3 Å². The summed E-state index contributed by atoms with van der Waals surface area (Å²) in [6.45, 7) is 0. The van der Waals surface area contributed by atoms with Crippen LogP contribution in [0.1, 0.15) is 0 Å². The highest BCUT2D eigenvalue weighted by atomic mass is 35.5. The van der Waals surface area contributed by atoms with Crippen molar-refractivity contribution in [3.63, 3.8) is 0 Å². The Hall–Kier alpha value is -2.37. The van der Waals surface area contributed by atoms with Crippen LogP contribution in [0.2, 0.25) is 5.02 Å². The molecule has 0 aromatic heterocycles. The summed E-state index contributed by atoms with van der Waals surface area (Å²) in [5.41, 5.74) is 0.693. The smallest absolute Gasteiger partial charge is 0.283 e. The van der Waals surface area contributed by atoms with E-state index < -0.39 is 17.6 Å². The first kappa shape index (κ1) is 15.5. The minimum atomic E-state index is -0.649. The van der Waals surface area contributed by atoms with Crippen molar-refractivity contribution in [2.75, 3.05) is 10.2 Å². The van der Waals surface area contributed by atoms with Gasteiger partial charge in [0.1, 0.15) is 16.5 Å². The average molecular weight is 351 g/mol. The first-order chi connectivity index (χ1) is 11.0. The topological polar surface area (TPSA) is 49.4 Å². The molecule has 0 bridgehead atoms. The summed E-state index contributed by atoms with van der Waals surface area (Å²) in [5, 5.41) is 2.90. The van der Waals surface area contributed by atoms with E-state index in [4.69, 9.17) is 23.2 Å². The molecule has 3 rings (SSSR count). The minimum Gasteiger partial charge on any atom is -0.350 e. The number of hydrogen-bond donors (Lipinski definition) is 1. The Kier molecular flexibility index (Phi) is 4.07. The summed E-state index contributed by atoms with van der Waals surface area (Å²) in [4.78, 5) is 25.7. The fourth-order valence-electron chi connectivity index (χ4n) is 2.14. The van der Waals surface area contributed by atoms with E-state index in [9.17, 15) is 14.0 Å². The molecule has 2 aromatic rings. The fourth-order valence-corrected chi connectivity index (χ4v) is 2.54. The summed E-state index contributed by atoms with van der Waals surface area (Å²) in [5.74, 6) is -1.67. The van der Waals surface area contributed by atoms with E-state index in [0.29, 0.717) is 16.4 Å². The third-order valence-electron chi connectivity index (χ3n) is 3.21. The summed E-state index contributed by atoms with van der Waals surface area (Å²) >= 11 is 11.9. The van der Waals surface area contributed by atoms with Gasteiger partial charge in [-0.05, 0) is 42.5 Å². The second-order valence-corrected chi connectivity index (χ2v) is 5.56. The summed E-state index contributed by atoms with van der Waals surface area (Å²) < 4.78 is 12.9. The number of benzene rings is 2. The van der Waals surface area contributed by atoms with Gasteiger partial charge < -0.3 is 5.32 Å². The Bertz CT molecular complexity index is 834. The Labute approximate surface area is 141 Å². The van der Waals surface area contributed by atoms with Gasteiger partial charge in [0.25, 0.3) is 11.8 Å². The molecular formula is C16H9Cl2FN2O2. The molecule has 0 fully saturated rings. The number of hydrogen-bond acceptors (Lipinski definition) is 3. The molecule has 0 atom stereocenters. The quantitative estimate of drug-likeness (QED) is 0.853. The molecule has 2 aromatic carbocycles. The number of carbonyl (C=O) groups excluding carboxylic acids is 2. The monoisotopic (exact) mass is 350 g/mol. The van der Waals surface area contributed by atoms with Crippen molar-refractivity contribution in [2.45, 2.75) is 0 Å². The molecule has 23 heavy (non-hydrogen) atoms. The van der Waals surface area contributed by atoms with Gasteiger partial charge in [-0.2, -0.15) is 0 Å². The van der Waals surface area contributed by atoms with Crippen LogP contribution in [0.4, 0.5) is 15.8 Å². The average Bonchev–Trinajstić information content (AvgIpc) is 2.73. The molecule has 1 aliphatic rings. The molecular weight excluding hydrogens is 342 g/mol. The molecule has 1 aliphatic heterocycles. The molecule has 116 valence electrons. The largest absolute Gasteiger partial charge is 0.350 e. The van der Waals surface area contributed by atoms with E-state index in [0.717, 1.165) is 4.90 Å². The Morgan fingerprint density at radius 1 is 0.957 bits per heavy atom. The number of rotatable bonds is 3. The van der Waals surface area contributed by atoms with Crippen LogP contribution in [0.15, 0.2) is 59.3 Å². The van der Waals surface area contributed by atoms with Crippen molar-refractivity contribution >= 4 is 46.4 Å². The number of amides is 2. The zero-order valence-electron chi connectivity index (χ0n) is 11.5. The van der Waals surface area contributed by atoms with Crippen molar-refractivity contribution in [3.8, 4) is 0 Å². The summed E-state index contributed by atoms with van der Waals surface area (Å²) in [7, 11) is 0. The Morgan fingerprint density at radius 3 is 2.30 bits per heavy atom. The number of carbonyl (C=O) groups is 2. The van der Waals surface area contributed by atoms with Crippen LogP contribution in [-0.4, -0.2) is 11.8 Å². The lowest BCUT2D eigenvalue weighted by molar-refractivity contribution is -0.120. The number of anilines is 2. The van der Waals surface area contributed by atoms with E-state index in [-0.39, 0.29) is 10.7 Å². The lowest BCUT2D eigenvalue weighted by atomic mass is 10.3. The van der Waals surface area contributed by atoms with Crippen molar-refractivity contribution in [2.24, 2.45) is 0 Å². The Balaban J connectivity index is 1.91. The molecule has 0 unspecified atom stereocenters. The van der Waals surface area contributed by atoms with Gasteiger partial charge in [0.15, 0.2) is 0 Å². The second-order valence-electron chi connectivity index (χ2n) is 4.75. The van der Waals surface area contributed by atoms with Gasteiger partial charge in [-0.1, -0.05) is 29.3 Å². The van der Waals surface area contributed by atoms with Crippen molar-refractivity contribution in [1.29, 1.82) is 0 Å². The van der Waals surface area contributed by atoms with Crippen LogP contribution in [0, 0.1) is 5.82 Å². The van der Waals surface area contributed by atoms with E-state index in [1.807, 2.05) is 0 Å².